The molecule has 0 atom stereocenters. The summed E-state index contributed by atoms with van der Waals surface area (Å²) < 4.78 is 0.519. The lowest BCUT2D eigenvalue weighted by Crippen LogP contribution is -2.35. The Morgan fingerprint density at radius 1 is 0.923 bits per heavy atom. The second-order valence-electron chi connectivity index (χ2n) is 7.77. The number of anilines is 1. The molecule has 1 aromatic carbocycles. The highest BCUT2D eigenvalue weighted by molar-refractivity contribution is 7.71. The molecule has 3 nitrogen and oxygen atoms in total. The first-order valence-corrected chi connectivity index (χ1v) is 10.8. The Balaban J connectivity index is 0. The molecule has 0 aliphatic carbocycles. The fourth-order valence-electron chi connectivity index (χ4n) is 2.78. The van der Waals surface area contributed by atoms with Gasteiger partial charge in [0.05, 0.1) is 5.69 Å². The minimum Gasteiger partial charge on any atom is -0.373 e. The van der Waals surface area contributed by atoms with Crippen LogP contribution in [0.3, 0.4) is 0 Å². The van der Waals surface area contributed by atoms with Crippen molar-refractivity contribution >= 4 is 17.9 Å². The Morgan fingerprint density at radius 2 is 1.38 bits per heavy atom. The summed E-state index contributed by atoms with van der Waals surface area (Å²) in [5, 5.41) is 0. The Kier molecular flexibility index (Phi) is 15.1. The van der Waals surface area contributed by atoms with E-state index in [2.05, 4.69) is 65.4 Å². The topological polar surface area (TPSA) is 23.6 Å². The van der Waals surface area contributed by atoms with E-state index in [9.17, 15) is 4.79 Å². The van der Waals surface area contributed by atoms with Crippen LogP contribution >= 0.6 is 12.2 Å². The molecule has 0 aliphatic heterocycles. The molecule has 0 radical (unpaired) electrons. The van der Waals surface area contributed by atoms with Crippen LogP contribution in [0, 0.1) is 4.51 Å². The van der Waals surface area contributed by atoms with E-state index < -0.39 is 0 Å². The molecule has 0 unspecified atom stereocenters. The molecule has 154 valence electrons. The molecule has 0 saturated carbocycles. The van der Waals surface area contributed by atoms with E-state index in [1.165, 1.54) is 19.3 Å². The highest BCUT2D eigenvalue weighted by atomic mass is 32.1. The maximum absolute atomic E-state index is 12.0. The van der Waals surface area contributed by atoms with Crippen molar-refractivity contribution < 1.29 is 0 Å². The highest BCUT2D eigenvalue weighted by Gasteiger charge is 2.29. The van der Waals surface area contributed by atoms with Crippen LogP contribution in [0.4, 0.5) is 5.69 Å². The smallest absolute Gasteiger partial charge is 0.204 e. The first-order valence-electron chi connectivity index (χ1n) is 10.3. The van der Waals surface area contributed by atoms with Gasteiger partial charge in [-0.3, -0.25) is 4.79 Å². The Labute approximate surface area is 168 Å². The Hall–Kier alpha value is -0.740. The molecule has 0 aliphatic rings. The lowest BCUT2D eigenvalue weighted by atomic mass is 9.82. The van der Waals surface area contributed by atoms with Crippen LogP contribution < -0.4 is 10.3 Å². The van der Waals surface area contributed by atoms with Crippen molar-refractivity contribution in [3.05, 3.63) is 20.3 Å². The van der Waals surface area contributed by atoms with Gasteiger partial charge >= 0.3 is 0 Å². The lowest BCUT2D eigenvalue weighted by molar-refractivity contribution is 0.327. The van der Waals surface area contributed by atoms with Crippen LogP contribution in [0.5, 0.6) is 0 Å². The molecular weight excluding hydrogens is 340 g/mol. The molecule has 0 amide bonds. The molecule has 4 heteroatoms. The molecule has 0 saturated heterocycles. The van der Waals surface area contributed by atoms with Gasteiger partial charge < -0.3 is 9.80 Å². The molecule has 0 bridgehead atoms. The van der Waals surface area contributed by atoms with Crippen molar-refractivity contribution in [2.75, 3.05) is 38.6 Å². The van der Waals surface area contributed by atoms with Gasteiger partial charge in [0.15, 0.2) is 0 Å². The quantitative estimate of drug-likeness (QED) is 0.408. The normalized spacial score (nSPS) is 10.9. The zero-order valence-electron chi connectivity index (χ0n) is 19.2. The Bertz CT molecular complexity index is 539. The summed E-state index contributed by atoms with van der Waals surface area (Å²) in [7, 11) is 4.22. The van der Waals surface area contributed by atoms with E-state index in [0.29, 0.717) is 4.51 Å². The number of rotatable bonds is 8. The standard InChI is InChI=1S/C17H30N2OS.C3H8.C2H6/c1-7-10-18(5)11-8-9-12-19(6)14-13(17(2,3)4)15(20)16(14)21;1-3-2;1-2/h7-12H2,1-6H3;3H2,1-2H3;1-2H3. The molecule has 0 N–H and O–H groups in total. The number of unbranched alkanes of at least 4 members (excludes halogenated alkanes) is 1. The molecular formula is C22H44N2OS. The van der Waals surface area contributed by atoms with Crippen LogP contribution in [-0.4, -0.2) is 38.6 Å². The fraction of sp³-hybridized carbons (Fsp3) is 0.818. The van der Waals surface area contributed by atoms with E-state index in [4.69, 9.17) is 12.2 Å². The van der Waals surface area contributed by atoms with E-state index in [0.717, 1.165) is 37.3 Å². The van der Waals surface area contributed by atoms with Gasteiger partial charge in [-0.1, -0.05) is 74.0 Å². The van der Waals surface area contributed by atoms with Gasteiger partial charge in [0.2, 0.25) is 5.43 Å². The average Bonchev–Trinajstić information content (AvgIpc) is 2.57. The summed E-state index contributed by atoms with van der Waals surface area (Å²) in [6.07, 6.45) is 4.76. The highest BCUT2D eigenvalue weighted by Crippen LogP contribution is 2.32. The monoisotopic (exact) mass is 384 g/mol. The minimum absolute atomic E-state index is 0.0713. The third kappa shape index (κ3) is 9.27. The van der Waals surface area contributed by atoms with E-state index in [-0.39, 0.29) is 10.8 Å². The predicted octanol–water partition coefficient (Wildman–Crippen LogP) is 5.95. The van der Waals surface area contributed by atoms with Crippen molar-refractivity contribution in [3.63, 3.8) is 0 Å². The minimum atomic E-state index is -0.121. The summed E-state index contributed by atoms with van der Waals surface area (Å²) >= 11 is 5.25. The summed E-state index contributed by atoms with van der Waals surface area (Å²) in [5.41, 5.74) is 1.86. The molecule has 0 spiro atoms. The molecule has 0 aromatic heterocycles. The second-order valence-corrected chi connectivity index (χ2v) is 8.18. The van der Waals surface area contributed by atoms with Gasteiger partial charge in [0, 0.05) is 19.2 Å². The molecule has 26 heavy (non-hydrogen) atoms. The van der Waals surface area contributed by atoms with E-state index in [1.807, 2.05) is 13.8 Å². The third-order valence-corrected chi connectivity index (χ3v) is 4.28. The van der Waals surface area contributed by atoms with Crippen LogP contribution in [0.2, 0.25) is 0 Å². The maximum Gasteiger partial charge on any atom is 0.204 e. The number of hydrogen-bond acceptors (Lipinski definition) is 4. The molecule has 0 heterocycles. The zero-order valence-corrected chi connectivity index (χ0v) is 20.0. The summed E-state index contributed by atoms with van der Waals surface area (Å²) in [6, 6.07) is 0. The fourth-order valence-corrected chi connectivity index (χ4v) is 3.14. The summed E-state index contributed by atoms with van der Waals surface area (Å²) in [6.45, 7) is 20.0. The van der Waals surface area contributed by atoms with Crippen molar-refractivity contribution in [1.82, 2.24) is 4.90 Å². The average molecular weight is 385 g/mol. The lowest BCUT2D eigenvalue weighted by Gasteiger charge is -2.30. The zero-order chi connectivity index (χ0) is 20.9. The van der Waals surface area contributed by atoms with Gasteiger partial charge in [-0.2, -0.15) is 0 Å². The summed E-state index contributed by atoms with van der Waals surface area (Å²) in [4.78, 5) is 16.5. The number of nitrogens with zero attached hydrogens (tertiary/aromatic N) is 2. The Morgan fingerprint density at radius 3 is 1.81 bits per heavy atom. The van der Waals surface area contributed by atoms with E-state index in [1.54, 1.807) is 0 Å². The van der Waals surface area contributed by atoms with Gasteiger partial charge in [-0.15, -0.1) is 0 Å². The van der Waals surface area contributed by atoms with Gasteiger partial charge in [-0.05, 0) is 44.8 Å². The van der Waals surface area contributed by atoms with Crippen molar-refractivity contribution in [2.24, 2.45) is 0 Å². The van der Waals surface area contributed by atoms with Crippen LogP contribution in [0.1, 0.15) is 86.6 Å². The van der Waals surface area contributed by atoms with Crippen LogP contribution in [0.15, 0.2) is 4.79 Å². The molecule has 0 fully saturated rings. The second kappa shape index (κ2) is 14.3. The van der Waals surface area contributed by atoms with Gasteiger partial charge in [-0.25, -0.2) is 0 Å². The van der Waals surface area contributed by atoms with Gasteiger partial charge in [0.25, 0.3) is 0 Å². The first kappa shape index (κ1) is 27.5. The van der Waals surface area contributed by atoms with E-state index >= 15 is 0 Å². The summed E-state index contributed by atoms with van der Waals surface area (Å²) in [5.74, 6) is 0. The third-order valence-electron chi connectivity index (χ3n) is 3.91. The van der Waals surface area contributed by atoms with Gasteiger partial charge in [0.1, 0.15) is 4.51 Å². The molecule has 1 rings (SSSR count). The SMILES string of the molecule is CC.CCC.CCCN(C)CCCCN(C)c1c(C(C)(C)C)c(=O)c1=S. The number of hydrogen-bond donors (Lipinski definition) is 0. The molecule has 1 aromatic rings. The predicted molar refractivity (Wildman–Crippen MR) is 122 cm³/mol. The van der Waals surface area contributed by atoms with Crippen molar-refractivity contribution in [2.45, 2.75) is 86.5 Å². The van der Waals surface area contributed by atoms with Crippen LogP contribution in [0.25, 0.3) is 0 Å². The van der Waals surface area contributed by atoms with Crippen molar-refractivity contribution in [1.29, 1.82) is 0 Å². The van der Waals surface area contributed by atoms with Crippen molar-refractivity contribution in [3.8, 4) is 0 Å². The maximum atomic E-state index is 12.0. The van der Waals surface area contributed by atoms with Crippen LogP contribution in [-0.2, 0) is 5.41 Å². The largest absolute Gasteiger partial charge is 0.373 e. The first-order chi connectivity index (χ1) is 12.1.